The van der Waals surface area contributed by atoms with Gasteiger partial charge < -0.3 is 31.2 Å². The van der Waals surface area contributed by atoms with Gasteiger partial charge in [-0.1, -0.05) is 36.4 Å². The molecule has 1 fully saturated rings. The Hall–Kier alpha value is -6.30. The average molecular weight is 713 g/mol. The minimum atomic E-state index is -0.122. The summed E-state index contributed by atoms with van der Waals surface area (Å²) in [5.41, 5.74) is 18.3. The number of likely N-dealkylation sites (tertiary alicyclic amines) is 1. The summed E-state index contributed by atoms with van der Waals surface area (Å²) in [4.78, 5) is 43.4. The Balaban J connectivity index is 0.000000185. The number of rotatable bonds is 8. The first-order valence-electron chi connectivity index (χ1n) is 17.8. The number of piperidine rings is 1. The number of benzene rings is 4. The summed E-state index contributed by atoms with van der Waals surface area (Å²) >= 11 is 0. The summed E-state index contributed by atoms with van der Waals surface area (Å²) in [5, 5.41) is 4.23. The zero-order valence-electron chi connectivity index (χ0n) is 30.4. The van der Waals surface area contributed by atoms with Gasteiger partial charge in [-0.2, -0.15) is 9.97 Å². The fourth-order valence-corrected chi connectivity index (χ4v) is 6.22. The number of carbonyl (C=O) groups is 2. The monoisotopic (exact) mass is 712 g/mol. The number of nitrogens with zero attached hydrogens (tertiary/aromatic N) is 5. The lowest BCUT2D eigenvalue weighted by atomic mass is 10.0. The van der Waals surface area contributed by atoms with Gasteiger partial charge in [-0.3, -0.25) is 9.59 Å². The van der Waals surface area contributed by atoms with Gasteiger partial charge in [0.1, 0.15) is 0 Å². The number of nitrogens with one attached hydrogen (secondary N) is 1. The molecule has 0 bridgehead atoms. The lowest BCUT2D eigenvalue weighted by Gasteiger charge is -2.26. The molecule has 5 N–H and O–H groups in total. The summed E-state index contributed by atoms with van der Waals surface area (Å²) < 4.78 is 11.4. The molecule has 1 saturated heterocycles. The molecule has 53 heavy (non-hydrogen) atoms. The molecule has 272 valence electrons. The van der Waals surface area contributed by atoms with Crippen molar-refractivity contribution >= 4 is 45.5 Å². The second kappa shape index (κ2) is 16.4. The van der Waals surface area contributed by atoms with E-state index in [2.05, 4.69) is 25.3 Å². The van der Waals surface area contributed by atoms with E-state index < -0.39 is 0 Å². The number of aromatic nitrogens is 4. The van der Waals surface area contributed by atoms with Crippen molar-refractivity contribution in [2.75, 3.05) is 38.2 Å². The molecule has 0 atom stereocenters. The quantitative estimate of drug-likeness (QED) is 0.150. The number of nitrogen functional groups attached to an aromatic ring is 2. The van der Waals surface area contributed by atoms with Crippen molar-refractivity contribution in [3.05, 3.63) is 96.1 Å². The summed E-state index contributed by atoms with van der Waals surface area (Å²) in [5.74, 6) is 1.32. The van der Waals surface area contributed by atoms with E-state index in [1.807, 2.05) is 105 Å². The first-order valence-corrected chi connectivity index (χ1v) is 17.8. The van der Waals surface area contributed by atoms with Gasteiger partial charge in [0.05, 0.1) is 34.5 Å². The number of nitrogens with two attached hydrogens (primary N) is 2. The van der Waals surface area contributed by atoms with Crippen LogP contribution in [-0.4, -0.2) is 69.5 Å². The summed E-state index contributed by atoms with van der Waals surface area (Å²) in [6, 6.07) is 26.9. The van der Waals surface area contributed by atoms with Crippen LogP contribution in [0.25, 0.3) is 44.1 Å². The van der Waals surface area contributed by atoms with E-state index in [9.17, 15) is 9.59 Å². The zero-order valence-corrected chi connectivity index (χ0v) is 30.4. The molecule has 4 aromatic carbocycles. The number of carbonyl (C=O) groups excluding carboxylic acids is 2. The van der Waals surface area contributed by atoms with Gasteiger partial charge in [0.25, 0.3) is 11.8 Å². The lowest BCUT2D eigenvalue weighted by Crippen LogP contribution is -2.35. The lowest BCUT2D eigenvalue weighted by molar-refractivity contribution is 0.0724. The van der Waals surface area contributed by atoms with Crippen LogP contribution < -0.4 is 26.3 Å². The predicted molar refractivity (Wildman–Crippen MR) is 209 cm³/mol. The Morgan fingerprint density at radius 3 is 1.89 bits per heavy atom. The van der Waals surface area contributed by atoms with Crippen molar-refractivity contribution in [1.29, 1.82) is 0 Å². The molecular formula is C41H44N8O4. The van der Waals surface area contributed by atoms with Crippen molar-refractivity contribution < 1.29 is 19.1 Å². The van der Waals surface area contributed by atoms with Crippen LogP contribution in [0.3, 0.4) is 0 Å². The molecule has 12 nitrogen and oxygen atoms in total. The third-order valence-electron chi connectivity index (χ3n) is 8.78. The number of amides is 2. The SMILES string of the molecule is CC(C)Oc1nc(N)nc2ccc(-c3ccc(C(=O)N4CCCCC4)cc3)cc12.CCOc1nc(N)nc2ccc(-c3cccc(C(=O)NC)c3)cc12. The number of hydrogen-bond acceptors (Lipinski definition) is 10. The van der Waals surface area contributed by atoms with E-state index in [1.165, 1.54) is 6.42 Å². The van der Waals surface area contributed by atoms with Gasteiger partial charge in [-0.15, -0.1) is 0 Å². The minimum absolute atomic E-state index is 0.0174. The smallest absolute Gasteiger partial charge is 0.253 e. The molecule has 7 rings (SSSR count). The molecule has 2 aromatic heterocycles. The maximum atomic E-state index is 12.7. The number of anilines is 2. The van der Waals surface area contributed by atoms with Crippen molar-refractivity contribution in [3.63, 3.8) is 0 Å². The summed E-state index contributed by atoms with van der Waals surface area (Å²) in [6.45, 7) is 7.99. The van der Waals surface area contributed by atoms with Gasteiger partial charge >= 0.3 is 0 Å². The van der Waals surface area contributed by atoms with Crippen LogP contribution in [0.4, 0.5) is 11.9 Å². The molecule has 6 aromatic rings. The van der Waals surface area contributed by atoms with E-state index in [0.29, 0.717) is 23.9 Å². The second-order valence-corrected chi connectivity index (χ2v) is 12.9. The number of fused-ring (bicyclic) bond motifs is 2. The molecule has 1 aliphatic rings. The van der Waals surface area contributed by atoms with Crippen LogP contribution in [0.2, 0.25) is 0 Å². The minimum Gasteiger partial charge on any atom is -0.477 e. The Labute approximate surface area is 308 Å². The Morgan fingerprint density at radius 2 is 1.28 bits per heavy atom. The van der Waals surface area contributed by atoms with Gasteiger partial charge in [-0.05, 0) is 111 Å². The van der Waals surface area contributed by atoms with Gasteiger partial charge in [-0.25, -0.2) is 9.97 Å². The Morgan fingerprint density at radius 1 is 0.717 bits per heavy atom. The topological polar surface area (TPSA) is 171 Å². The van der Waals surface area contributed by atoms with Crippen LogP contribution in [0.15, 0.2) is 84.9 Å². The molecule has 3 heterocycles. The van der Waals surface area contributed by atoms with Crippen LogP contribution in [0, 0.1) is 0 Å². The predicted octanol–water partition coefficient (Wildman–Crippen LogP) is 6.93. The van der Waals surface area contributed by atoms with E-state index in [-0.39, 0.29) is 29.8 Å². The zero-order chi connectivity index (χ0) is 37.5. The van der Waals surface area contributed by atoms with Crippen LogP contribution in [0.5, 0.6) is 11.8 Å². The first kappa shape index (κ1) is 36.5. The standard InChI is InChI=1S/C23H26N4O2.C18H18N4O2/c1-15(2)29-21-19-14-18(10-11-20(19)25-23(24)26-21)16-6-8-17(9-7-16)22(28)27-12-4-3-5-13-27;1-3-24-17-14-10-12(7-8-15(14)21-18(19)22-17)11-5-4-6-13(9-11)16(23)20-2/h6-11,14-15H,3-5,12-13H2,1-2H3,(H2,24,25,26);4-10H,3H2,1-2H3,(H,20,23)(H2,19,21,22). The normalized spacial score (nSPS) is 12.7. The van der Waals surface area contributed by atoms with E-state index in [0.717, 1.165) is 75.6 Å². The average Bonchev–Trinajstić information content (AvgIpc) is 3.17. The molecule has 0 aliphatic carbocycles. The van der Waals surface area contributed by atoms with Crippen molar-refractivity contribution in [1.82, 2.24) is 30.2 Å². The summed E-state index contributed by atoms with van der Waals surface area (Å²) in [6.07, 6.45) is 3.38. The summed E-state index contributed by atoms with van der Waals surface area (Å²) in [7, 11) is 1.61. The van der Waals surface area contributed by atoms with Crippen LogP contribution in [-0.2, 0) is 0 Å². The molecule has 0 saturated carbocycles. The molecule has 0 unspecified atom stereocenters. The molecule has 12 heteroatoms. The van der Waals surface area contributed by atoms with Crippen LogP contribution in [0.1, 0.15) is 60.7 Å². The van der Waals surface area contributed by atoms with Gasteiger partial charge in [0.2, 0.25) is 23.7 Å². The highest BCUT2D eigenvalue weighted by Crippen LogP contribution is 2.31. The first-order chi connectivity index (χ1) is 25.6. The molecule has 0 radical (unpaired) electrons. The Bertz CT molecular complexity index is 2250. The highest BCUT2D eigenvalue weighted by Gasteiger charge is 2.18. The fraction of sp³-hybridized carbons (Fsp3) is 0.268. The van der Waals surface area contributed by atoms with Crippen molar-refractivity contribution in [3.8, 4) is 34.0 Å². The number of hydrogen-bond donors (Lipinski definition) is 3. The Kier molecular flexibility index (Phi) is 11.3. The second-order valence-electron chi connectivity index (χ2n) is 12.9. The van der Waals surface area contributed by atoms with Gasteiger partial charge in [0, 0.05) is 31.3 Å². The third kappa shape index (κ3) is 8.61. The maximum absolute atomic E-state index is 12.7. The maximum Gasteiger partial charge on any atom is 0.253 e. The molecular weight excluding hydrogens is 669 g/mol. The molecule has 0 spiro atoms. The van der Waals surface area contributed by atoms with Gasteiger partial charge in [0.15, 0.2) is 0 Å². The molecule has 2 amide bonds. The molecule has 1 aliphatic heterocycles. The highest BCUT2D eigenvalue weighted by atomic mass is 16.5. The van der Waals surface area contributed by atoms with E-state index in [4.69, 9.17) is 20.9 Å². The number of ether oxygens (including phenoxy) is 2. The van der Waals surface area contributed by atoms with E-state index in [1.54, 1.807) is 13.1 Å². The van der Waals surface area contributed by atoms with Crippen LogP contribution >= 0.6 is 0 Å². The van der Waals surface area contributed by atoms with E-state index >= 15 is 0 Å². The van der Waals surface area contributed by atoms with Crippen molar-refractivity contribution in [2.45, 2.75) is 46.1 Å². The third-order valence-corrected chi connectivity index (χ3v) is 8.78. The fourth-order valence-electron chi connectivity index (χ4n) is 6.22. The largest absolute Gasteiger partial charge is 0.477 e. The van der Waals surface area contributed by atoms with Crippen molar-refractivity contribution in [2.24, 2.45) is 0 Å². The highest BCUT2D eigenvalue weighted by molar-refractivity contribution is 5.96.